The van der Waals surface area contributed by atoms with E-state index in [0.29, 0.717) is 5.92 Å². The van der Waals surface area contributed by atoms with Gasteiger partial charge < -0.3 is 0 Å². The highest BCUT2D eigenvalue weighted by Crippen LogP contribution is 2.39. The van der Waals surface area contributed by atoms with Crippen molar-refractivity contribution in [3.63, 3.8) is 0 Å². The van der Waals surface area contributed by atoms with Crippen LogP contribution in [0.3, 0.4) is 0 Å². The zero-order valence-electron chi connectivity index (χ0n) is 6.54. The molecule has 0 radical (unpaired) electrons. The highest BCUT2D eigenvalue weighted by molar-refractivity contribution is 5.29. The fourth-order valence-electron chi connectivity index (χ4n) is 1.20. The summed E-state index contributed by atoms with van der Waals surface area (Å²) in [6, 6.07) is 2.01. The van der Waals surface area contributed by atoms with Gasteiger partial charge in [-0.2, -0.15) is 5.10 Å². The summed E-state index contributed by atoms with van der Waals surface area (Å²) in [4.78, 5) is 0. The molecule has 1 saturated carbocycles. The molecule has 56 valence electrons. The average molecular weight is 146 g/mol. The van der Waals surface area contributed by atoms with E-state index in [1.54, 1.807) is 4.68 Å². The second-order valence-corrected chi connectivity index (χ2v) is 3.00. The molecular formula is C9H10N2. The van der Waals surface area contributed by atoms with Crippen LogP contribution < -0.4 is 0 Å². The molecule has 1 aromatic heterocycles. The van der Waals surface area contributed by atoms with E-state index in [0.717, 1.165) is 5.69 Å². The van der Waals surface area contributed by atoms with Crippen molar-refractivity contribution in [2.24, 2.45) is 7.05 Å². The summed E-state index contributed by atoms with van der Waals surface area (Å²) in [5, 5.41) is 4.32. The molecule has 0 N–H and O–H groups in total. The molecule has 0 amide bonds. The monoisotopic (exact) mass is 146 g/mol. The maximum Gasteiger partial charge on any atom is 0.110 e. The summed E-state index contributed by atoms with van der Waals surface area (Å²) in [6.45, 7) is 0. The number of aromatic nitrogens is 2. The molecule has 1 aliphatic carbocycles. The topological polar surface area (TPSA) is 17.8 Å². The molecule has 1 aromatic rings. The quantitative estimate of drug-likeness (QED) is 0.546. The predicted octanol–water partition coefficient (Wildman–Crippen LogP) is 1.28. The van der Waals surface area contributed by atoms with Crippen LogP contribution in [0.2, 0.25) is 0 Å². The van der Waals surface area contributed by atoms with Crippen molar-refractivity contribution in [1.82, 2.24) is 9.78 Å². The number of rotatable bonds is 1. The average Bonchev–Trinajstić information content (AvgIpc) is 2.76. The Hall–Kier alpha value is -1.23. The van der Waals surface area contributed by atoms with E-state index in [1.165, 1.54) is 18.5 Å². The number of nitrogens with zero attached hydrogens (tertiary/aromatic N) is 2. The lowest BCUT2D eigenvalue weighted by atomic mass is 10.3. The van der Waals surface area contributed by atoms with Gasteiger partial charge in [0.05, 0.1) is 5.69 Å². The van der Waals surface area contributed by atoms with Crippen molar-refractivity contribution in [3.05, 3.63) is 17.5 Å². The maximum absolute atomic E-state index is 5.27. The third kappa shape index (κ3) is 1.03. The standard InChI is InChI=1S/C9H10N2/c1-3-8-6-9(7-4-5-7)10-11(8)2/h1,6-7H,4-5H2,2H3. The number of terminal acetylenes is 1. The molecule has 0 saturated heterocycles. The van der Waals surface area contributed by atoms with Gasteiger partial charge in [0.15, 0.2) is 0 Å². The predicted molar refractivity (Wildman–Crippen MR) is 43.1 cm³/mol. The van der Waals surface area contributed by atoms with E-state index >= 15 is 0 Å². The van der Waals surface area contributed by atoms with Crippen molar-refractivity contribution in [2.45, 2.75) is 18.8 Å². The lowest BCUT2D eigenvalue weighted by molar-refractivity contribution is 0.736. The fraction of sp³-hybridized carbons (Fsp3) is 0.444. The molecule has 0 atom stereocenters. The van der Waals surface area contributed by atoms with Gasteiger partial charge in [-0.1, -0.05) is 5.92 Å². The minimum atomic E-state index is 0.697. The van der Waals surface area contributed by atoms with Crippen molar-refractivity contribution in [3.8, 4) is 12.3 Å². The van der Waals surface area contributed by atoms with Gasteiger partial charge in [0.1, 0.15) is 5.69 Å². The molecule has 1 heterocycles. The lowest BCUT2D eigenvalue weighted by Crippen LogP contribution is -1.93. The third-order valence-corrected chi connectivity index (χ3v) is 2.04. The Morgan fingerprint density at radius 1 is 1.73 bits per heavy atom. The first-order chi connectivity index (χ1) is 5.31. The second-order valence-electron chi connectivity index (χ2n) is 3.00. The molecular weight excluding hydrogens is 136 g/mol. The number of hydrogen-bond donors (Lipinski definition) is 0. The van der Waals surface area contributed by atoms with Crippen LogP contribution in [0.4, 0.5) is 0 Å². The molecule has 0 aliphatic heterocycles. The summed E-state index contributed by atoms with van der Waals surface area (Å²) < 4.78 is 1.77. The van der Waals surface area contributed by atoms with Gasteiger partial charge in [-0.25, -0.2) is 0 Å². The Kier molecular flexibility index (Phi) is 1.25. The Morgan fingerprint density at radius 3 is 2.91 bits per heavy atom. The van der Waals surface area contributed by atoms with Crippen LogP contribution in [0.15, 0.2) is 6.07 Å². The molecule has 0 spiro atoms. The van der Waals surface area contributed by atoms with E-state index in [4.69, 9.17) is 6.42 Å². The normalized spacial score (nSPS) is 16.4. The van der Waals surface area contributed by atoms with Gasteiger partial charge in [-0.15, -0.1) is 6.42 Å². The Balaban J connectivity index is 2.38. The highest BCUT2D eigenvalue weighted by Gasteiger charge is 2.26. The van der Waals surface area contributed by atoms with Gasteiger partial charge >= 0.3 is 0 Å². The number of hydrogen-bond acceptors (Lipinski definition) is 1. The molecule has 2 rings (SSSR count). The molecule has 2 heteroatoms. The van der Waals surface area contributed by atoms with Crippen LogP contribution in [0.1, 0.15) is 30.1 Å². The van der Waals surface area contributed by atoms with Crippen molar-refractivity contribution < 1.29 is 0 Å². The zero-order valence-corrected chi connectivity index (χ0v) is 6.54. The Morgan fingerprint density at radius 2 is 2.45 bits per heavy atom. The molecule has 1 aliphatic rings. The van der Waals surface area contributed by atoms with Crippen LogP contribution in [0.5, 0.6) is 0 Å². The molecule has 0 bridgehead atoms. The van der Waals surface area contributed by atoms with Crippen LogP contribution in [0.25, 0.3) is 0 Å². The van der Waals surface area contributed by atoms with Crippen LogP contribution >= 0.6 is 0 Å². The highest BCUT2D eigenvalue weighted by atomic mass is 15.3. The van der Waals surface area contributed by atoms with Gasteiger partial charge in [0, 0.05) is 13.0 Å². The minimum absolute atomic E-state index is 0.697. The van der Waals surface area contributed by atoms with Crippen LogP contribution in [-0.2, 0) is 7.05 Å². The SMILES string of the molecule is C#Cc1cc(C2CC2)nn1C. The van der Waals surface area contributed by atoms with E-state index in [2.05, 4.69) is 11.0 Å². The Labute approximate surface area is 66.2 Å². The summed E-state index contributed by atoms with van der Waals surface area (Å²) in [5.41, 5.74) is 2.05. The van der Waals surface area contributed by atoms with Gasteiger partial charge in [0.25, 0.3) is 0 Å². The summed E-state index contributed by atoms with van der Waals surface area (Å²) in [7, 11) is 1.89. The summed E-state index contributed by atoms with van der Waals surface area (Å²) in [6.07, 6.45) is 7.83. The first-order valence-corrected chi connectivity index (χ1v) is 3.82. The third-order valence-electron chi connectivity index (χ3n) is 2.04. The lowest BCUT2D eigenvalue weighted by Gasteiger charge is -1.88. The van der Waals surface area contributed by atoms with Gasteiger partial charge in [-0.3, -0.25) is 4.68 Å². The first kappa shape index (κ1) is 6.48. The van der Waals surface area contributed by atoms with Gasteiger partial charge in [-0.05, 0) is 18.9 Å². The van der Waals surface area contributed by atoms with Crippen molar-refractivity contribution in [2.75, 3.05) is 0 Å². The first-order valence-electron chi connectivity index (χ1n) is 3.82. The van der Waals surface area contributed by atoms with Crippen LogP contribution in [0, 0.1) is 12.3 Å². The molecule has 1 fully saturated rings. The van der Waals surface area contributed by atoms with Crippen molar-refractivity contribution >= 4 is 0 Å². The molecule has 0 unspecified atom stereocenters. The van der Waals surface area contributed by atoms with E-state index < -0.39 is 0 Å². The molecule has 0 aromatic carbocycles. The number of aryl methyl sites for hydroxylation is 1. The molecule has 11 heavy (non-hydrogen) atoms. The maximum atomic E-state index is 5.27. The van der Waals surface area contributed by atoms with Crippen LogP contribution in [-0.4, -0.2) is 9.78 Å². The van der Waals surface area contributed by atoms with Crippen molar-refractivity contribution in [1.29, 1.82) is 0 Å². The smallest absolute Gasteiger partial charge is 0.110 e. The zero-order chi connectivity index (χ0) is 7.84. The summed E-state index contributed by atoms with van der Waals surface area (Å²) >= 11 is 0. The van der Waals surface area contributed by atoms with Gasteiger partial charge in [0.2, 0.25) is 0 Å². The Bertz CT molecular complexity index is 313. The fourth-order valence-corrected chi connectivity index (χ4v) is 1.20. The molecule has 2 nitrogen and oxygen atoms in total. The van der Waals surface area contributed by atoms with E-state index in [9.17, 15) is 0 Å². The van der Waals surface area contributed by atoms with E-state index in [1.807, 2.05) is 13.1 Å². The summed E-state index contributed by atoms with van der Waals surface area (Å²) in [5.74, 6) is 3.30. The largest absolute Gasteiger partial charge is 0.260 e. The minimum Gasteiger partial charge on any atom is -0.260 e. The second kappa shape index (κ2) is 2.13. The van der Waals surface area contributed by atoms with E-state index in [-0.39, 0.29) is 0 Å².